The standard InChI is InChI=1S/C4H10Si.2ClH.Zr/c1-5(2,3)4;;;/h1-2H2,3-4H3;2*1H;/q-2;;;+4/p-2. The Hall–Kier alpha value is 1.68. The molecule has 0 aromatic carbocycles. The first-order valence-electron chi connectivity index (χ1n) is 2.09. The van der Waals surface area contributed by atoms with Crippen LogP contribution in [-0.4, -0.2) is 8.07 Å². The summed E-state index contributed by atoms with van der Waals surface area (Å²) in [7, 11) is 8.76. The van der Waals surface area contributed by atoms with Crippen LogP contribution in [0.5, 0.6) is 0 Å². The molecule has 0 aromatic heterocycles. The van der Waals surface area contributed by atoms with E-state index in [4.69, 9.17) is 17.0 Å². The SMILES string of the molecule is [CH2-][Si]([CH2-])(C)C.[Cl][Zr+2][Cl]. The fraction of sp³-hybridized carbons (Fsp3) is 0.500. The second kappa shape index (κ2) is 6.80. The summed E-state index contributed by atoms with van der Waals surface area (Å²) in [4.78, 5) is 0. The summed E-state index contributed by atoms with van der Waals surface area (Å²) in [5.74, 6) is 0. The molecule has 48 valence electrons. The summed E-state index contributed by atoms with van der Waals surface area (Å²) in [6.07, 6.45) is 0. The van der Waals surface area contributed by atoms with Crippen LogP contribution < -0.4 is 0 Å². The maximum atomic E-state index is 4.93. The summed E-state index contributed by atoms with van der Waals surface area (Å²) in [5, 5.41) is 0. The summed E-state index contributed by atoms with van der Waals surface area (Å²) in [6.45, 7) is 11.8. The Balaban J connectivity index is 0. The van der Waals surface area contributed by atoms with Crippen LogP contribution in [0.25, 0.3) is 0 Å². The van der Waals surface area contributed by atoms with Gasteiger partial charge in [0.1, 0.15) is 0 Å². The third-order valence-electron chi connectivity index (χ3n) is 0. The van der Waals surface area contributed by atoms with Gasteiger partial charge in [0.25, 0.3) is 0 Å². The Morgan fingerprint density at radius 2 is 1.25 bits per heavy atom. The molecule has 4 heteroatoms. The molecule has 0 heterocycles. The van der Waals surface area contributed by atoms with Crippen molar-refractivity contribution in [2.24, 2.45) is 0 Å². The Morgan fingerprint density at radius 1 is 1.25 bits per heavy atom. The topological polar surface area (TPSA) is 0 Å². The molecule has 0 aliphatic rings. The summed E-state index contributed by atoms with van der Waals surface area (Å²) < 4.78 is 0. The zero-order valence-corrected chi connectivity index (χ0v) is 10.1. The predicted octanol–water partition coefficient (Wildman–Crippen LogP) is 2.82. The van der Waals surface area contributed by atoms with E-state index in [0.29, 0.717) is 0 Å². The molecule has 0 aromatic rings. The van der Waals surface area contributed by atoms with Gasteiger partial charge in [0.15, 0.2) is 0 Å². The summed E-state index contributed by atoms with van der Waals surface area (Å²) in [6, 6.07) is 0. The van der Waals surface area contributed by atoms with E-state index in [1.54, 1.807) is 0 Å². The van der Waals surface area contributed by atoms with Crippen molar-refractivity contribution >= 4 is 25.1 Å². The van der Waals surface area contributed by atoms with Gasteiger partial charge in [-0.25, -0.2) is 0 Å². The minimum atomic E-state index is -1.11. The zero-order chi connectivity index (χ0) is 7.21. The van der Waals surface area contributed by atoms with Gasteiger partial charge in [-0.1, -0.05) is 0 Å². The zero-order valence-electron chi connectivity index (χ0n) is 5.17. The van der Waals surface area contributed by atoms with Crippen molar-refractivity contribution in [2.75, 3.05) is 0 Å². The first-order valence-corrected chi connectivity index (χ1v) is 11.8. The van der Waals surface area contributed by atoms with E-state index in [0.717, 1.165) is 0 Å². The van der Waals surface area contributed by atoms with Crippen molar-refractivity contribution < 1.29 is 20.8 Å². The number of halogens is 2. The molecule has 0 N–H and O–H groups in total. The van der Waals surface area contributed by atoms with Crippen LogP contribution in [0.3, 0.4) is 0 Å². The Kier molecular flexibility index (Phi) is 10.5. The van der Waals surface area contributed by atoms with Gasteiger partial charge in [0, 0.05) is 0 Å². The van der Waals surface area contributed by atoms with E-state index >= 15 is 0 Å². The molecule has 0 aliphatic carbocycles. The Bertz CT molecular complexity index is 37.8. The average molecular weight is 248 g/mol. The van der Waals surface area contributed by atoms with Crippen LogP contribution in [0, 0.1) is 13.1 Å². The second-order valence-corrected chi connectivity index (χ2v) is 10.3. The molecule has 0 saturated carbocycles. The van der Waals surface area contributed by atoms with E-state index in [1.807, 2.05) is 0 Å². The summed E-state index contributed by atoms with van der Waals surface area (Å²) in [5.41, 5.74) is 0. The fourth-order valence-electron chi connectivity index (χ4n) is 0. The normalized spacial score (nSPS) is 8.75. The number of hydrogen-bond acceptors (Lipinski definition) is 0. The van der Waals surface area contributed by atoms with Gasteiger partial charge in [-0.05, 0) is 0 Å². The van der Waals surface area contributed by atoms with E-state index in [1.165, 1.54) is 0 Å². The van der Waals surface area contributed by atoms with Crippen LogP contribution in [-0.2, 0) is 20.8 Å². The van der Waals surface area contributed by atoms with Crippen molar-refractivity contribution in [1.82, 2.24) is 0 Å². The fourth-order valence-corrected chi connectivity index (χ4v) is 0. The monoisotopic (exact) mass is 246 g/mol. The number of rotatable bonds is 0. The predicted molar refractivity (Wildman–Crippen MR) is 39.9 cm³/mol. The van der Waals surface area contributed by atoms with E-state index in [-0.39, 0.29) is 0 Å². The molecule has 0 fully saturated rings. The van der Waals surface area contributed by atoms with Crippen LogP contribution >= 0.6 is 17.0 Å². The third-order valence-corrected chi connectivity index (χ3v) is 0. The van der Waals surface area contributed by atoms with Crippen LogP contribution in [0.4, 0.5) is 0 Å². The second-order valence-electron chi connectivity index (χ2n) is 2.24. The van der Waals surface area contributed by atoms with E-state index in [2.05, 4.69) is 26.2 Å². The molecule has 0 amide bonds. The molecule has 8 heavy (non-hydrogen) atoms. The molecule has 0 radical (unpaired) electrons. The van der Waals surface area contributed by atoms with Crippen molar-refractivity contribution in [1.29, 1.82) is 0 Å². The molecule has 0 nitrogen and oxygen atoms in total. The van der Waals surface area contributed by atoms with Crippen LogP contribution in [0.2, 0.25) is 13.1 Å². The van der Waals surface area contributed by atoms with Crippen molar-refractivity contribution in [3.63, 3.8) is 0 Å². The van der Waals surface area contributed by atoms with E-state index < -0.39 is 28.9 Å². The van der Waals surface area contributed by atoms with Gasteiger partial charge in [-0.3, -0.25) is 8.07 Å². The van der Waals surface area contributed by atoms with Crippen molar-refractivity contribution in [3.05, 3.63) is 13.1 Å². The van der Waals surface area contributed by atoms with Gasteiger partial charge >= 0.3 is 37.9 Å². The Morgan fingerprint density at radius 3 is 1.25 bits per heavy atom. The molecule has 0 spiro atoms. The summed E-state index contributed by atoms with van der Waals surface area (Å²) >= 11 is -0.826. The van der Waals surface area contributed by atoms with Gasteiger partial charge < -0.3 is 13.1 Å². The quantitative estimate of drug-likeness (QED) is 0.457. The molecule has 0 unspecified atom stereocenters. The first-order chi connectivity index (χ1) is 3.41. The minimum absolute atomic E-state index is 0.826. The number of hydrogen-bond donors (Lipinski definition) is 0. The maximum absolute atomic E-state index is 4.93. The molecular weight excluding hydrogens is 238 g/mol. The van der Waals surface area contributed by atoms with Crippen LogP contribution in [0.15, 0.2) is 0 Å². The van der Waals surface area contributed by atoms with Gasteiger partial charge in [-0.2, -0.15) is 0 Å². The molecule has 0 bridgehead atoms. The van der Waals surface area contributed by atoms with Crippen molar-refractivity contribution in [3.8, 4) is 0 Å². The molecule has 0 atom stereocenters. The van der Waals surface area contributed by atoms with Crippen molar-refractivity contribution in [2.45, 2.75) is 13.1 Å². The Labute approximate surface area is 71.6 Å². The van der Waals surface area contributed by atoms with E-state index in [9.17, 15) is 0 Å². The molecular formula is C4H10Cl2SiZr. The van der Waals surface area contributed by atoms with Gasteiger partial charge in [0.05, 0.1) is 0 Å². The first kappa shape index (κ1) is 12.4. The molecule has 0 rings (SSSR count). The molecule has 0 saturated heterocycles. The van der Waals surface area contributed by atoms with Gasteiger partial charge in [-0.15, -0.1) is 13.1 Å². The third kappa shape index (κ3) is 121. The van der Waals surface area contributed by atoms with Crippen LogP contribution in [0.1, 0.15) is 0 Å². The molecule has 0 aliphatic heterocycles. The average Bonchev–Trinajstić information content (AvgIpc) is 1.27. The van der Waals surface area contributed by atoms with Gasteiger partial charge in [0.2, 0.25) is 0 Å².